The number of ether oxygens (including phenoxy) is 1. The number of amides is 1. The maximum Gasteiger partial charge on any atom is 0.415 e. The smallest absolute Gasteiger partial charge is 0.415 e. The predicted molar refractivity (Wildman–Crippen MR) is 134 cm³/mol. The molecule has 0 atom stereocenters. The van der Waals surface area contributed by atoms with Gasteiger partial charge < -0.3 is 9.84 Å². The number of hydrogen-bond donors (Lipinski definition) is 1. The molecule has 2 saturated heterocycles. The van der Waals surface area contributed by atoms with Gasteiger partial charge in [-0.3, -0.25) is 9.80 Å². The zero-order valence-electron chi connectivity index (χ0n) is 20.8. The first kappa shape index (κ1) is 24.3. The number of carboxylic acid groups (broad SMARTS) is 1. The van der Waals surface area contributed by atoms with Gasteiger partial charge in [0.05, 0.1) is 12.1 Å². The molecule has 0 saturated carbocycles. The van der Waals surface area contributed by atoms with Crippen molar-refractivity contribution in [2.75, 3.05) is 24.5 Å². The van der Waals surface area contributed by atoms with Gasteiger partial charge in [0.2, 0.25) is 0 Å². The molecule has 1 spiro atoms. The number of carbonyl (C=O) groups excluding carboxylic acids is 1. The summed E-state index contributed by atoms with van der Waals surface area (Å²) >= 11 is 0. The Morgan fingerprint density at radius 2 is 1.79 bits per heavy atom. The van der Waals surface area contributed by atoms with Crippen LogP contribution in [0.5, 0.6) is 0 Å². The van der Waals surface area contributed by atoms with Crippen LogP contribution in [0.2, 0.25) is 0 Å². The Morgan fingerprint density at radius 3 is 2.41 bits per heavy atom. The molecule has 34 heavy (non-hydrogen) atoms. The minimum atomic E-state index is -0.978. The average Bonchev–Trinajstić information content (AvgIpc) is 3.12. The zero-order chi connectivity index (χ0) is 24.5. The molecule has 6 nitrogen and oxygen atoms in total. The molecule has 2 heterocycles. The number of aromatic carboxylic acids is 1. The molecular formula is C28H36N2O4. The highest BCUT2D eigenvalue weighted by Crippen LogP contribution is 2.37. The van der Waals surface area contributed by atoms with E-state index in [9.17, 15) is 9.59 Å². The molecule has 6 heteroatoms. The molecule has 4 rings (SSSR count). The summed E-state index contributed by atoms with van der Waals surface area (Å²) in [7, 11) is 0. The SMILES string of the molecule is CCCC(C)(C)c1cc(CN2CCC3(CC2)CN(c2ccc(C(=O)O)cc2)C(=O)O3)ccc1C. The molecule has 2 aromatic carbocycles. The van der Waals surface area contributed by atoms with Gasteiger partial charge in [0.25, 0.3) is 0 Å². The van der Waals surface area contributed by atoms with Crippen molar-refractivity contribution in [1.82, 2.24) is 4.90 Å². The number of anilines is 1. The normalized spacial score (nSPS) is 18.4. The quantitative estimate of drug-likeness (QED) is 0.564. The van der Waals surface area contributed by atoms with Gasteiger partial charge in [-0.1, -0.05) is 45.4 Å². The van der Waals surface area contributed by atoms with Gasteiger partial charge in [-0.15, -0.1) is 0 Å². The first-order valence-electron chi connectivity index (χ1n) is 12.3. The molecular weight excluding hydrogens is 428 g/mol. The molecule has 0 aliphatic carbocycles. The highest BCUT2D eigenvalue weighted by atomic mass is 16.6. The Kier molecular flexibility index (Phi) is 6.72. The number of piperidine rings is 1. The third-order valence-electron chi connectivity index (χ3n) is 7.48. The molecule has 2 aliphatic rings. The van der Waals surface area contributed by atoms with Gasteiger partial charge >= 0.3 is 12.1 Å². The number of benzene rings is 2. The predicted octanol–water partition coefficient (Wildman–Crippen LogP) is 5.76. The fourth-order valence-electron chi connectivity index (χ4n) is 5.50. The number of nitrogens with zero attached hydrogens (tertiary/aromatic N) is 2. The monoisotopic (exact) mass is 464 g/mol. The van der Waals surface area contributed by atoms with E-state index in [-0.39, 0.29) is 17.1 Å². The molecule has 1 N–H and O–H groups in total. The van der Waals surface area contributed by atoms with Gasteiger partial charge in [-0.2, -0.15) is 0 Å². The fourth-order valence-corrected chi connectivity index (χ4v) is 5.50. The Balaban J connectivity index is 1.39. The number of likely N-dealkylation sites (tertiary alicyclic amines) is 1. The van der Waals surface area contributed by atoms with E-state index in [0.717, 1.165) is 32.5 Å². The van der Waals surface area contributed by atoms with Gasteiger partial charge in [-0.05, 0) is 59.7 Å². The van der Waals surface area contributed by atoms with Gasteiger partial charge in [0.1, 0.15) is 5.60 Å². The maximum atomic E-state index is 12.6. The Hall–Kier alpha value is -2.86. The molecule has 1 amide bonds. The van der Waals surface area contributed by atoms with E-state index in [2.05, 4.69) is 50.8 Å². The van der Waals surface area contributed by atoms with Crippen molar-refractivity contribution < 1.29 is 19.4 Å². The van der Waals surface area contributed by atoms with Gasteiger partial charge in [-0.25, -0.2) is 9.59 Å². The third-order valence-corrected chi connectivity index (χ3v) is 7.48. The lowest BCUT2D eigenvalue weighted by Crippen LogP contribution is -2.46. The molecule has 2 fully saturated rings. The van der Waals surface area contributed by atoms with Gasteiger partial charge in [0, 0.05) is 38.2 Å². The van der Waals surface area contributed by atoms with Crippen molar-refractivity contribution in [2.45, 2.75) is 70.9 Å². The lowest BCUT2D eigenvalue weighted by molar-refractivity contribution is -0.000985. The van der Waals surface area contributed by atoms with Gasteiger partial charge in [0.15, 0.2) is 0 Å². The minimum Gasteiger partial charge on any atom is -0.478 e. The minimum absolute atomic E-state index is 0.172. The maximum absolute atomic E-state index is 12.6. The number of rotatable bonds is 7. The molecule has 0 unspecified atom stereocenters. The van der Waals surface area contributed by atoms with Crippen LogP contribution in [0.3, 0.4) is 0 Å². The molecule has 2 aliphatic heterocycles. The van der Waals surface area contributed by atoms with E-state index < -0.39 is 11.6 Å². The number of carboxylic acids is 1. The van der Waals surface area contributed by atoms with Crippen LogP contribution in [-0.2, 0) is 16.7 Å². The van der Waals surface area contributed by atoms with Crippen molar-refractivity contribution in [3.8, 4) is 0 Å². The summed E-state index contributed by atoms with van der Waals surface area (Å²) in [5, 5.41) is 9.10. The van der Waals surface area contributed by atoms with Crippen LogP contribution in [0.15, 0.2) is 42.5 Å². The summed E-state index contributed by atoms with van der Waals surface area (Å²) in [6, 6.07) is 13.3. The van der Waals surface area contributed by atoms with Crippen molar-refractivity contribution in [3.05, 3.63) is 64.7 Å². The van der Waals surface area contributed by atoms with Crippen molar-refractivity contribution in [2.24, 2.45) is 0 Å². The molecule has 0 bridgehead atoms. The van der Waals surface area contributed by atoms with Crippen molar-refractivity contribution >= 4 is 17.7 Å². The van der Waals surface area contributed by atoms with E-state index in [1.165, 1.54) is 41.7 Å². The number of carbonyl (C=O) groups is 2. The number of aryl methyl sites for hydroxylation is 1. The van der Waals surface area contributed by atoms with E-state index in [1.54, 1.807) is 17.0 Å². The molecule has 182 valence electrons. The lowest BCUT2D eigenvalue weighted by atomic mass is 9.78. The van der Waals surface area contributed by atoms with E-state index in [4.69, 9.17) is 9.84 Å². The average molecular weight is 465 g/mol. The highest BCUT2D eigenvalue weighted by Gasteiger charge is 2.47. The van der Waals surface area contributed by atoms with Crippen LogP contribution in [0.25, 0.3) is 0 Å². The Bertz CT molecular complexity index is 1050. The lowest BCUT2D eigenvalue weighted by Gasteiger charge is -2.37. The summed E-state index contributed by atoms with van der Waals surface area (Å²) in [5.74, 6) is -0.978. The molecule has 0 radical (unpaired) electrons. The summed E-state index contributed by atoms with van der Waals surface area (Å²) in [6.45, 7) is 12.3. The van der Waals surface area contributed by atoms with Crippen LogP contribution < -0.4 is 4.90 Å². The van der Waals surface area contributed by atoms with Crippen molar-refractivity contribution in [3.63, 3.8) is 0 Å². The summed E-state index contributed by atoms with van der Waals surface area (Å²) in [5.41, 5.74) is 4.71. The first-order valence-corrected chi connectivity index (χ1v) is 12.3. The third kappa shape index (κ3) is 4.97. The molecule has 2 aromatic rings. The second kappa shape index (κ2) is 9.41. The van der Waals surface area contributed by atoms with E-state index >= 15 is 0 Å². The largest absolute Gasteiger partial charge is 0.478 e. The second-order valence-corrected chi connectivity index (χ2v) is 10.5. The first-order chi connectivity index (χ1) is 16.1. The van der Waals surface area contributed by atoms with Crippen LogP contribution >= 0.6 is 0 Å². The summed E-state index contributed by atoms with van der Waals surface area (Å²) in [4.78, 5) is 27.8. The summed E-state index contributed by atoms with van der Waals surface area (Å²) < 4.78 is 5.88. The fraction of sp³-hybridized carbons (Fsp3) is 0.500. The van der Waals surface area contributed by atoms with Crippen LogP contribution in [0, 0.1) is 6.92 Å². The van der Waals surface area contributed by atoms with Crippen LogP contribution in [0.4, 0.5) is 10.5 Å². The highest BCUT2D eigenvalue weighted by molar-refractivity contribution is 5.92. The second-order valence-electron chi connectivity index (χ2n) is 10.5. The standard InChI is InChI=1S/C28H36N2O4/c1-5-12-27(3,4)24-17-21(7-6-20(24)2)18-29-15-13-28(14-16-29)19-30(26(33)34-28)23-10-8-22(9-11-23)25(31)32/h6-11,17H,5,12-16,18-19H2,1-4H3,(H,31,32). The topological polar surface area (TPSA) is 70.1 Å². The number of hydrogen-bond acceptors (Lipinski definition) is 4. The van der Waals surface area contributed by atoms with Crippen LogP contribution in [0.1, 0.15) is 73.5 Å². The molecule has 0 aromatic heterocycles. The summed E-state index contributed by atoms with van der Waals surface area (Å²) in [6.07, 6.45) is 3.58. The van der Waals surface area contributed by atoms with E-state index in [1.807, 2.05) is 0 Å². The zero-order valence-corrected chi connectivity index (χ0v) is 20.8. The Labute approximate surface area is 202 Å². The Morgan fingerprint density at radius 1 is 1.12 bits per heavy atom. The van der Waals surface area contributed by atoms with Crippen molar-refractivity contribution in [1.29, 1.82) is 0 Å². The van der Waals surface area contributed by atoms with E-state index in [0.29, 0.717) is 12.2 Å². The van der Waals surface area contributed by atoms with Crippen LogP contribution in [-0.4, -0.2) is 47.3 Å².